The van der Waals surface area contributed by atoms with Crippen molar-refractivity contribution in [2.45, 2.75) is 31.8 Å². The molecule has 0 saturated carbocycles. The van der Waals surface area contributed by atoms with E-state index in [1.165, 1.54) is 24.1 Å². The average Bonchev–Trinajstić information content (AvgIpc) is 3.10. The van der Waals surface area contributed by atoms with E-state index >= 15 is 0 Å². The number of phenolic OH excluding ortho intramolecular Hbond substituents is 1. The second-order valence-electron chi connectivity index (χ2n) is 6.45. The molecule has 134 valence electrons. The number of rotatable bonds is 4. The van der Waals surface area contributed by atoms with Crippen LogP contribution in [0.4, 0.5) is 0 Å². The van der Waals surface area contributed by atoms with Crippen LogP contribution in [-0.4, -0.2) is 47.0 Å². The van der Waals surface area contributed by atoms with Crippen molar-refractivity contribution >= 4 is 17.8 Å². The lowest BCUT2D eigenvalue weighted by molar-refractivity contribution is -0.154. The fourth-order valence-electron chi connectivity index (χ4n) is 4.18. The Morgan fingerprint density at radius 2 is 1.88 bits per heavy atom. The number of aromatic hydroxyl groups is 1. The van der Waals surface area contributed by atoms with Crippen LogP contribution in [0.3, 0.4) is 0 Å². The molecule has 3 rings (SSSR count). The Bertz CT molecular complexity index is 717. The summed E-state index contributed by atoms with van der Waals surface area (Å²) in [6, 6.07) is 5.93. The molecule has 7 nitrogen and oxygen atoms in total. The van der Waals surface area contributed by atoms with Gasteiger partial charge in [0.05, 0.1) is 18.9 Å². The average molecular weight is 346 g/mol. The van der Waals surface area contributed by atoms with E-state index in [9.17, 15) is 19.5 Å². The van der Waals surface area contributed by atoms with Gasteiger partial charge in [-0.25, -0.2) is 0 Å². The van der Waals surface area contributed by atoms with Crippen molar-refractivity contribution in [1.29, 1.82) is 0 Å². The summed E-state index contributed by atoms with van der Waals surface area (Å²) in [6.45, 7) is 3.81. The third-order valence-electron chi connectivity index (χ3n) is 5.42. The van der Waals surface area contributed by atoms with Gasteiger partial charge >= 0.3 is 5.97 Å². The number of likely N-dealkylation sites (tertiary alicyclic amines) is 1. The Morgan fingerprint density at radius 3 is 2.40 bits per heavy atom. The number of hydrogen-bond donors (Lipinski definition) is 2. The second-order valence-corrected chi connectivity index (χ2v) is 6.45. The first-order valence-corrected chi connectivity index (χ1v) is 8.41. The fourth-order valence-corrected chi connectivity index (χ4v) is 4.18. The zero-order chi connectivity index (χ0) is 18.4. The molecule has 0 bridgehead atoms. The minimum atomic E-state index is -1.24. The van der Waals surface area contributed by atoms with Crippen LogP contribution in [0.5, 0.6) is 5.75 Å². The minimum Gasteiger partial charge on any atom is -0.508 e. The molecule has 2 aliphatic heterocycles. The van der Waals surface area contributed by atoms with Crippen LogP contribution in [0.25, 0.3) is 0 Å². The van der Waals surface area contributed by atoms with Gasteiger partial charge in [0.1, 0.15) is 11.3 Å². The number of nitrogens with zero attached hydrogens (tertiary/aromatic N) is 1. The first-order valence-electron chi connectivity index (χ1n) is 8.41. The maximum atomic E-state index is 12.9. The highest BCUT2D eigenvalue weighted by molar-refractivity contribution is 6.09. The molecule has 2 amide bonds. The number of fused-ring (bicyclic) bond motifs is 1. The number of methoxy groups -OCH3 is 1. The van der Waals surface area contributed by atoms with Crippen molar-refractivity contribution in [3.8, 4) is 5.75 Å². The van der Waals surface area contributed by atoms with Crippen molar-refractivity contribution in [2.75, 3.05) is 13.7 Å². The minimum absolute atomic E-state index is 0.108. The van der Waals surface area contributed by atoms with Crippen molar-refractivity contribution in [1.82, 2.24) is 10.2 Å². The topological polar surface area (TPSA) is 95.9 Å². The highest BCUT2D eigenvalue weighted by Crippen LogP contribution is 2.50. The van der Waals surface area contributed by atoms with Gasteiger partial charge in [-0.15, -0.1) is 0 Å². The van der Waals surface area contributed by atoms with Gasteiger partial charge in [0.15, 0.2) is 0 Å². The van der Waals surface area contributed by atoms with Crippen LogP contribution in [0.15, 0.2) is 24.3 Å². The monoisotopic (exact) mass is 346 g/mol. The van der Waals surface area contributed by atoms with E-state index < -0.39 is 29.4 Å². The van der Waals surface area contributed by atoms with Crippen molar-refractivity contribution in [3.05, 3.63) is 29.8 Å². The van der Waals surface area contributed by atoms with Crippen LogP contribution >= 0.6 is 0 Å². The number of esters is 1. The Labute approximate surface area is 146 Å². The van der Waals surface area contributed by atoms with Crippen molar-refractivity contribution in [2.24, 2.45) is 11.8 Å². The van der Waals surface area contributed by atoms with Gasteiger partial charge in [-0.05, 0) is 31.0 Å². The molecule has 1 aromatic rings. The molecule has 2 fully saturated rings. The zero-order valence-corrected chi connectivity index (χ0v) is 14.5. The Balaban J connectivity index is 2.13. The third kappa shape index (κ3) is 2.33. The number of hydrogen-bond acceptors (Lipinski definition) is 6. The Kier molecular flexibility index (Phi) is 4.28. The van der Waals surface area contributed by atoms with E-state index in [1.807, 2.05) is 0 Å². The SMILES string of the molecule is CCN1C(=O)[C@H]2[C@@H](C1=O)[C@@](CC)(C(=O)OC)N[C@H]2c1ccc(O)cc1. The van der Waals surface area contributed by atoms with Gasteiger partial charge in [0.25, 0.3) is 0 Å². The molecular formula is C18H22N2O5. The summed E-state index contributed by atoms with van der Waals surface area (Å²) in [7, 11) is 1.28. The van der Waals surface area contributed by atoms with Crippen LogP contribution in [0.2, 0.25) is 0 Å². The van der Waals surface area contributed by atoms with Crippen LogP contribution in [0.1, 0.15) is 31.9 Å². The standard InChI is InChI=1S/C18H22N2O5/c1-4-18(17(24)25-3)13-12(15(22)20(5-2)16(13)23)14(19-18)10-6-8-11(21)9-7-10/h6-9,12-14,19,21H,4-5H2,1-3H3/t12-,13-,14-,18-/m0/s1. The number of ether oxygens (including phenoxy) is 1. The first-order chi connectivity index (χ1) is 11.9. The van der Waals surface area contributed by atoms with Gasteiger partial charge in [0.2, 0.25) is 11.8 Å². The molecule has 1 aromatic carbocycles. The molecule has 2 N–H and O–H groups in total. The van der Waals surface area contributed by atoms with Gasteiger partial charge in [-0.2, -0.15) is 0 Å². The lowest BCUT2D eigenvalue weighted by atomic mass is 9.78. The maximum absolute atomic E-state index is 12.9. The summed E-state index contributed by atoms with van der Waals surface area (Å²) in [5, 5.41) is 12.7. The zero-order valence-electron chi connectivity index (χ0n) is 14.5. The van der Waals surface area contributed by atoms with E-state index in [-0.39, 0.29) is 24.1 Å². The molecule has 2 aliphatic rings. The molecular weight excluding hydrogens is 324 g/mol. The molecule has 4 atom stereocenters. The predicted octanol–water partition coefficient (Wildman–Crippen LogP) is 0.979. The summed E-state index contributed by atoms with van der Waals surface area (Å²) >= 11 is 0. The number of carbonyl (C=O) groups excluding carboxylic acids is 3. The summed E-state index contributed by atoms with van der Waals surface area (Å²) in [4.78, 5) is 39.5. The van der Waals surface area contributed by atoms with Gasteiger partial charge in [0, 0.05) is 12.6 Å². The number of benzene rings is 1. The lowest BCUT2D eigenvalue weighted by Crippen LogP contribution is -2.55. The van der Waals surface area contributed by atoms with Gasteiger partial charge in [-0.1, -0.05) is 19.1 Å². The van der Waals surface area contributed by atoms with Crippen LogP contribution < -0.4 is 5.32 Å². The van der Waals surface area contributed by atoms with E-state index in [4.69, 9.17) is 4.74 Å². The summed E-state index contributed by atoms with van der Waals surface area (Å²) in [5.74, 6) is -2.50. The number of imide groups is 1. The molecule has 0 aromatic heterocycles. The quantitative estimate of drug-likeness (QED) is 0.623. The highest BCUT2D eigenvalue weighted by Gasteiger charge is 2.67. The predicted molar refractivity (Wildman–Crippen MR) is 88.4 cm³/mol. The number of carbonyl (C=O) groups is 3. The summed E-state index contributed by atoms with van der Waals surface area (Å²) in [6.07, 6.45) is 0.325. The number of amides is 2. The first kappa shape index (κ1) is 17.4. The molecule has 0 spiro atoms. The largest absolute Gasteiger partial charge is 0.508 e. The Hall–Kier alpha value is -2.41. The molecule has 0 radical (unpaired) electrons. The smallest absolute Gasteiger partial charge is 0.326 e. The Morgan fingerprint density at radius 1 is 1.24 bits per heavy atom. The molecule has 7 heteroatoms. The molecule has 2 heterocycles. The maximum Gasteiger partial charge on any atom is 0.326 e. The third-order valence-corrected chi connectivity index (χ3v) is 5.42. The summed E-state index contributed by atoms with van der Waals surface area (Å²) in [5.41, 5.74) is -0.496. The molecule has 2 saturated heterocycles. The van der Waals surface area contributed by atoms with Crippen LogP contribution in [-0.2, 0) is 19.1 Å². The van der Waals surface area contributed by atoms with Crippen molar-refractivity contribution in [3.63, 3.8) is 0 Å². The second kappa shape index (κ2) is 6.15. The van der Waals surface area contributed by atoms with E-state index in [0.29, 0.717) is 6.42 Å². The van der Waals surface area contributed by atoms with Gasteiger partial charge in [-0.3, -0.25) is 24.6 Å². The number of phenols is 1. The lowest BCUT2D eigenvalue weighted by Gasteiger charge is -2.31. The molecule has 0 unspecified atom stereocenters. The van der Waals surface area contributed by atoms with E-state index in [1.54, 1.807) is 26.0 Å². The highest BCUT2D eigenvalue weighted by atomic mass is 16.5. The van der Waals surface area contributed by atoms with E-state index in [0.717, 1.165) is 5.56 Å². The molecule has 0 aliphatic carbocycles. The number of nitrogens with one attached hydrogen (secondary N) is 1. The van der Waals surface area contributed by atoms with E-state index in [2.05, 4.69) is 5.32 Å². The normalized spacial score (nSPS) is 31.3. The van der Waals surface area contributed by atoms with Crippen LogP contribution in [0, 0.1) is 11.8 Å². The fraction of sp³-hybridized carbons (Fsp3) is 0.500. The molecule has 25 heavy (non-hydrogen) atoms. The van der Waals surface area contributed by atoms with Crippen molar-refractivity contribution < 1.29 is 24.2 Å². The van der Waals surface area contributed by atoms with Gasteiger partial charge < -0.3 is 9.84 Å². The summed E-state index contributed by atoms with van der Waals surface area (Å²) < 4.78 is 4.97.